The number of nitrogens with two attached hydrogens (primary N) is 1. The Morgan fingerprint density at radius 2 is 2.00 bits per heavy atom. The lowest BCUT2D eigenvalue weighted by molar-refractivity contribution is -0.142. The summed E-state index contributed by atoms with van der Waals surface area (Å²) in [4.78, 5) is 26.6. The van der Waals surface area contributed by atoms with Crippen molar-refractivity contribution >= 4 is 24.2 Å². The molecule has 0 spiro atoms. The standard InChI is InChI=1S/C10H19N3O2.ClH/c1-7(11)9(14)13-6-4-5-8(13)10(15)12(2)3;/h7-8H,4-6,11H2,1-3H3;1H. The number of likely N-dealkylation sites (N-methyl/N-ethyl adjacent to an activating group) is 1. The Bertz CT molecular complexity index is 243. The molecule has 2 atom stereocenters. The number of amides is 2. The maximum atomic E-state index is 11.8. The highest BCUT2D eigenvalue weighted by atomic mass is 35.5. The molecule has 2 N–H and O–H groups in total. The highest BCUT2D eigenvalue weighted by Crippen LogP contribution is 2.19. The van der Waals surface area contributed by atoms with Crippen molar-refractivity contribution in [2.24, 2.45) is 5.73 Å². The van der Waals surface area contributed by atoms with Gasteiger partial charge >= 0.3 is 0 Å². The highest BCUT2D eigenvalue weighted by Gasteiger charge is 2.35. The van der Waals surface area contributed by atoms with Crippen molar-refractivity contribution in [2.45, 2.75) is 31.8 Å². The Balaban J connectivity index is 0.00000225. The molecule has 0 aromatic rings. The van der Waals surface area contributed by atoms with E-state index < -0.39 is 6.04 Å². The molecule has 1 saturated heterocycles. The van der Waals surface area contributed by atoms with E-state index in [2.05, 4.69) is 0 Å². The van der Waals surface area contributed by atoms with Crippen LogP contribution < -0.4 is 5.73 Å². The van der Waals surface area contributed by atoms with Crippen LogP contribution in [0.25, 0.3) is 0 Å². The Kier molecular flexibility index (Phi) is 5.75. The monoisotopic (exact) mass is 249 g/mol. The number of carbonyl (C=O) groups is 2. The van der Waals surface area contributed by atoms with Crippen LogP contribution >= 0.6 is 12.4 Å². The molecule has 1 heterocycles. The number of hydrogen-bond donors (Lipinski definition) is 1. The smallest absolute Gasteiger partial charge is 0.244 e. The molecule has 1 rings (SSSR count). The molecule has 1 aliphatic heterocycles. The van der Waals surface area contributed by atoms with Crippen LogP contribution in [-0.4, -0.2) is 54.3 Å². The van der Waals surface area contributed by atoms with Crippen LogP contribution in [0.4, 0.5) is 0 Å². The lowest BCUT2D eigenvalue weighted by atomic mass is 10.2. The van der Waals surface area contributed by atoms with Gasteiger partial charge < -0.3 is 15.5 Å². The first-order valence-electron chi connectivity index (χ1n) is 5.22. The van der Waals surface area contributed by atoms with Gasteiger partial charge in [-0.15, -0.1) is 12.4 Å². The lowest BCUT2D eigenvalue weighted by Crippen LogP contribution is -2.50. The molecule has 0 aliphatic carbocycles. The summed E-state index contributed by atoms with van der Waals surface area (Å²) in [6.07, 6.45) is 1.62. The maximum absolute atomic E-state index is 11.8. The summed E-state index contributed by atoms with van der Waals surface area (Å²) in [6, 6.07) is -0.834. The quantitative estimate of drug-likeness (QED) is 0.739. The van der Waals surface area contributed by atoms with E-state index in [0.29, 0.717) is 6.54 Å². The molecule has 6 heteroatoms. The molecule has 2 amide bonds. The van der Waals surface area contributed by atoms with Crippen molar-refractivity contribution in [1.29, 1.82) is 0 Å². The lowest BCUT2D eigenvalue weighted by Gasteiger charge is -2.27. The van der Waals surface area contributed by atoms with Gasteiger partial charge in [-0.05, 0) is 19.8 Å². The summed E-state index contributed by atoms with van der Waals surface area (Å²) in [5, 5.41) is 0. The highest BCUT2D eigenvalue weighted by molar-refractivity contribution is 5.89. The number of likely N-dealkylation sites (tertiary alicyclic amines) is 1. The Morgan fingerprint density at radius 1 is 1.44 bits per heavy atom. The minimum atomic E-state index is -0.527. The summed E-state index contributed by atoms with van der Waals surface area (Å²) in [6.45, 7) is 2.29. The first kappa shape index (κ1) is 15.2. The number of hydrogen-bond acceptors (Lipinski definition) is 3. The topological polar surface area (TPSA) is 66.6 Å². The molecule has 0 saturated carbocycles. The van der Waals surface area contributed by atoms with Crippen LogP contribution in [0.5, 0.6) is 0 Å². The fraction of sp³-hybridized carbons (Fsp3) is 0.800. The minimum Gasteiger partial charge on any atom is -0.347 e. The van der Waals surface area contributed by atoms with Gasteiger partial charge in [0.25, 0.3) is 0 Å². The molecule has 5 nitrogen and oxygen atoms in total. The van der Waals surface area contributed by atoms with Crippen molar-refractivity contribution in [3.63, 3.8) is 0 Å². The van der Waals surface area contributed by atoms with Crippen molar-refractivity contribution in [3.8, 4) is 0 Å². The zero-order valence-electron chi connectivity index (χ0n) is 9.97. The van der Waals surface area contributed by atoms with Gasteiger partial charge in [0.05, 0.1) is 6.04 Å². The fourth-order valence-electron chi connectivity index (χ4n) is 1.85. The molecule has 0 aromatic heterocycles. The van der Waals surface area contributed by atoms with E-state index in [4.69, 9.17) is 5.73 Å². The van der Waals surface area contributed by atoms with Crippen molar-refractivity contribution in [2.75, 3.05) is 20.6 Å². The Labute approximate surface area is 102 Å². The third-order valence-electron chi connectivity index (χ3n) is 2.65. The predicted octanol–water partition coefficient (Wildman–Crippen LogP) is -0.165. The van der Waals surface area contributed by atoms with E-state index in [1.165, 1.54) is 4.90 Å². The minimum absolute atomic E-state index is 0. The number of carbonyl (C=O) groups excluding carboxylic acids is 2. The average molecular weight is 250 g/mol. The van der Waals surface area contributed by atoms with Gasteiger partial charge in [-0.2, -0.15) is 0 Å². The van der Waals surface area contributed by atoms with Gasteiger partial charge in [0.1, 0.15) is 6.04 Å². The van der Waals surface area contributed by atoms with Crippen LogP contribution in [0.3, 0.4) is 0 Å². The van der Waals surface area contributed by atoms with Crippen LogP contribution in [0.2, 0.25) is 0 Å². The average Bonchev–Trinajstić information content (AvgIpc) is 2.63. The van der Waals surface area contributed by atoms with Gasteiger partial charge in [-0.25, -0.2) is 0 Å². The summed E-state index contributed by atoms with van der Waals surface area (Å²) in [5.41, 5.74) is 5.54. The Hall–Kier alpha value is -0.810. The molecular weight excluding hydrogens is 230 g/mol. The van der Waals surface area contributed by atoms with Crippen molar-refractivity contribution in [3.05, 3.63) is 0 Å². The normalized spacial score (nSPS) is 21.2. The maximum Gasteiger partial charge on any atom is 0.244 e. The zero-order chi connectivity index (χ0) is 11.6. The summed E-state index contributed by atoms with van der Waals surface area (Å²) in [7, 11) is 3.41. The molecule has 16 heavy (non-hydrogen) atoms. The zero-order valence-corrected chi connectivity index (χ0v) is 10.8. The summed E-state index contributed by atoms with van der Waals surface area (Å²) in [5.74, 6) is -0.144. The molecule has 0 aromatic carbocycles. The molecule has 94 valence electrons. The van der Waals surface area contributed by atoms with E-state index in [1.807, 2.05) is 0 Å². The fourth-order valence-corrected chi connectivity index (χ4v) is 1.85. The molecule has 0 radical (unpaired) electrons. The van der Waals surface area contributed by atoms with E-state index in [-0.39, 0.29) is 30.3 Å². The first-order chi connectivity index (χ1) is 6.95. The predicted molar refractivity (Wildman–Crippen MR) is 64.3 cm³/mol. The molecule has 2 unspecified atom stereocenters. The Morgan fingerprint density at radius 3 is 2.44 bits per heavy atom. The van der Waals surface area contributed by atoms with Crippen molar-refractivity contribution in [1.82, 2.24) is 9.80 Å². The number of halogens is 1. The van der Waals surface area contributed by atoms with Crippen LogP contribution in [0.15, 0.2) is 0 Å². The van der Waals surface area contributed by atoms with Crippen LogP contribution in [-0.2, 0) is 9.59 Å². The van der Waals surface area contributed by atoms with E-state index in [9.17, 15) is 9.59 Å². The first-order valence-corrected chi connectivity index (χ1v) is 5.22. The number of nitrogens with zero attached hydrogens (tertiary/aromatic N) is 2. The van der Waals surface area contributed by atoms with Gasteiger partial charge in [-0.1, -0.05) is 0 Å². The second-order valence-electron chi connectivity index (χ2n) is 4.21. The molecular formula is C10H20ClN3O2. The number of rotatable bonds is 2. The van der Waals surface area contributed by atoms with E-state index in [1.54, 1.807) is 25.9 Å². The molecule has 0 bridgehead atoms. The van der Waals surface area contributed by atoms with Gasteiger partial charge in [0, 0.05) is 20.6 Å². The van der Waals surface area contributed by atoms with Crippen LogP contribution in [0.1, 0.15) is 19.8 Å². The van der Waals surface area contributed by atoms with Gasteiger partial charge in [-0.3, -0.25) is 9.59 Å². The second-order valence-corrected chi connectivity index (χ2v) is 4.21. The largest absolute Gasteiger partial charge is 0.347 e. The second kappa shape index (κ2) is 6.06. The summed E-state index contributed by atoms with van der Waals surface area (Å²) >= 11 is 0. The molecule has 1 aliphatic rings. The third-order valence-corrected chi connectivity index (χ3v) is 2.65. The van der Waals surface area contributed by atoms with E-state index >= 15 is 0 Å². The molecule has 1 fully saturated rings. The third kappa shape index (κ3) is 3.09. The van der Waals surface area contributed by atoms with Gasteiger partial charge in [0.2, 0.25) is 11.8 Å². The van der Waals surface area contributed by atoms with Crippen LogP contribution in [0, 0.1) is 0 Å². The van der Waals surface area contributed by atoms with Crippen molar-refractivity contribution < 1.29 is 9.59 Å². The van der Waals surface area contributed by atoms with Gasteiger partial charge in [0.15, 0.2) is 0 Å². The van der Waals surface area contributed by atoms with E-state index in [0.717, 1.165) is 12.8 Å². The SMILES string of the molecule is CC(N)C(=O)N1CCCC1C(=O)N(C)C.Cl. The summed E-state index contributed by atoms with van der Waals surface area (Å²) < 4.78 is 0.